The molecule has 1 aliphatic rings. The second kappa shape index (κ2) is 11.4. The third-order valence-electron chi connectivity index (χ3n) is 5.63. The Morgan fingerprint density at radius 1 is 1.18 bits per heavy atom. The molecule has 1 aliphatic carbocycles. The average Bonchev–Trinajstić information content (AvgIpc) is 2.71. The van der Waals surface area contributed by atoms with E-state index in [9.17, 15) is 4.79 Å². The summed E-state index contributed by atoms with van der Waals surface area (Å²) in [6, 6.07) is 7.65. The third-order valence-corrected chi connectivity index (χ3v) is 5.63. The van der Waals surface area contributed by atoms with Crippen molar-refractivity contribution < 1.29 is 14.3 Å². The number of carbonyl (C=O) groups is 1. The maximum atomic E-state index is 13.1. The van der Waals surface area contributed by atoms with E-state index in [1.807, 2.05) is 24.3 Å². The van der Waals surface area contributed by atoms with E-state index in [2.05, 4.69) is 37.9 Å². The Morgan fingerprint density at radius 2 is 1.89 bits per heavy atom. The molecule has 0 spiro atoms. The van der Waals surface area contributed by atoms with Crippen LogP contribution in [0.25, 0.3) is 0 Å². The van der Waals surface area contributed by atoms with Crippen LogP contribution >= 0.6 is 0 Å². The van der Waals surface area contributed by atoms with Crippen LogP contribution in [0.1, 0.15) is 59.8 Å². The van der Waals surface area contributed by atoms with Crippen molar-refractivity contribution in [2.24, 2.45) is 5.92 Å². The molecule has 2 rings (SSSR count). The largest absolute Gasteiger partial charge is 0.492 e. The van der Waals surface area contributed by atoms with Gasteiger partial charge in [-0.05, 0) is 69.0 Å². The molecule has 1 N–H and O–H groups in total. The van der Waals surface area contributed by atoms with Gasteiger partial charge >= 0.3 is 0 Å². The minimum atomic E-state index is -0.688. The van der Waals surface area contributed by atoms with Gasteiger partial charge in [0, 0.05) is 18.8 Å². The Morgan fingerprint density at radius 3 is 2.50 bits per heavy atom. The summed E-state index contributed by atoms with van der Waals surface area (Å²) in [5, 5.41) is 3.07. The van der Waals surface area contributed by atoms with Gasteiger partial charge in [0.1, 0.15) is 18.0 Å². The average molecular weight is 391 g/mol. The van der Waals surface area contributed by atoms with Crippen LogP contribution in [0.3, 0.4) is 0 Å². The Kier molecular flexibility index (Phi) is 9.26. The van der Waals surface area contributed by atoms with Crippen molar-refractivity contribution in [1.29, 1.82) is 0 Å². The van der Waals surface area contributed by atoms with Gasteiger partial charge in [0.05, 0.1) is 0 Å². The Bertz CT molecular complexity index is 586. The van der Waals surface area contributed by atoms with Crippen LogP contribution in [0.2, 0.25) is 0 Å². The first-order valence-corrected chi connectivity index (χ1v) is 10.9. The zero-order chi connectivity index (χ0) is 20.4. The van der Waals surface area contributed by atoms with Gasteiger partial charge in [-0.15, -0.1) is 0 Å². The number of nitrogens with one attached hydrogen (secondary N) is 1. The summed E-state index contributed by atoms with van der Waals surface area (Å²) in [5.74, 6) is 1.33. The summed E-state index contributed by atoms with van der Waals surface area (Å²) in [4.78, 5) is 15.4. The number of hydrogen-bond acceptors (Lipinski definition) is 4. The summed E-state index contributed by atoms with van der Waals surface area (Å²) in [6.07, 6.45) is 4.73. The highest BCUT2D eigenvalue weighted by Gasteiger charge is 2.42. The molecule has 2 atom stereocenters. The van der Waals surface area contributed by atoms with E-state index in [1.165, 1.54) is 6.42 Å². The lowest BCUT2D eigenvalue weighted by Crippen LogP contribution is -2.48. The quantitative estimate of drug-likeness (QED) is 0.594. The summed E-state index contributed by atoms with van der Waals surface area (Å²) in [6.45, 7) is 12.9. The molecule has 1 amide bonds. The SMILES string of the molecule is CCCO[C@]1(C(=O)Nc2ccc(OCCN(CC)CC)cc2)CCC[C@H](C)C1. The van der Waals surface area contributed by atoms with Gasteiger partial charge in [-0.2, -0.15) is 0 Å². The fraction of sp³-hybridized carbons (Fsp3) is 0.696. The number of hydrogen-bond donors (Lipinski definition) is 1. The zero-order valence-corrected chi connectivity index (χ0v) is 18.1. The Hall–Kier alpha value is -1.59. The number of ether oxygens (including phenoxy) is 2. The van der Waals surface area contributed by atoms with Gasteiger partial charge in [-0.3, -0.25) is 4.79 Å². The topological polar surface area (TPSA) is 50.8 Å². The summed E-state index contributed by atoms with van der Waals surface area (Å²) >= 11 is 0. The van der Waals surface area contributed by atoms with Crippen molar-refractivity contribution in [1.82, 2.24) is 4.90 Å². The van der Waals surface area contributed by atoms with E-state index in [1.54, 1.807) is 0 Å². The smallest absolute Gasteiger partial charge is 0.256 e. The van der Waals surface area contributed by atoms with Crippen molar-refractivity contribution in [3.63, 3.8) is 0 Å². The van der Waals surface area contributed by atoms with Gasteiger partial charge in [-0.25, -0.2) is 0 Å². The molecule has 1 aromatic rings. The summed E-state index contributed by atoms with van der Waals surface area (Å²) in [7, 11) is 0. The molecular weight excluding hydrogens is 352 g/mol. The molecule has 5 nitrogen and oxygen atoms in total. The second-order valence-electron chi connectivity index (χ2n) is 7.90. The number of anilines is 1. The number of amides is 1. The van der Waals surface area contributed by atoms with Crippen LogP contribution in [0.15, 0.2) is 24.3 Å². The number of nitrogens with zero attached hydrogens (tertiary/aromatic N) is 1. The van der Waals surface area contributed by atoms with Crippen LogP contribution in [0, 0.1) is 5.92 Å². The molecule has 0 radical (unpaired) electrons. The first kappa shape index (κ1) is 22.7. The van der Waals surface area contributed by atoms with Crippen molar-refractivity contribution in [3.8, 4) is 5.75 Å². The number of carbonyl (C=O) groups excluding carboxylic acids is 1. The molecule has 28 heavy (non-hydrogen) atoms. The standard InChI is InChI=1S/C23H38N2O3/c1-5-16-28-23(14-8-9-19(4)18-23)22(26)24-20-10-12-21(13-11-20)27-17-15-25(6-2)7-3/h10-13,19H,5-9,14-18H2,1-4H3,(H,24,26)/t19-,23+/m0/s1. The van der Waals surface area contributed by atoms with Gasteiger partial charge < -0.3 is 19.7 Å². The van der Waals surface area contributed by atoms with E-state index in [0.29, 0.717) is 19.1 Å². The maximum Gasteiger partial charge on any atom is 0.256 e. The van der Waals surface area contributed by atoms with E-state index in [0.717, 1.165) is 56.8 Å². The molecule has 0 heterocycles. The summed E-state index contributed by atoms with van der Waals surface area (Å²) in [5.41, 5.74) is 0.103. The van der Waals surface area contributed by atoms with Crippen LogP contribution < -0.4 is 10.1 Å². The van der Waals surface area contributed by atoms with Crippen molar-refractivity contribution >= 4 is 11.6 Å². The Labute approximate surface area is 170 Å². The minimum Gasteiger partial charge on any atom is -0.492 e. The molecule has 1 aromatic carbocycles. The van der Waals surface area contributed by atoms with Crippen LogP contribution in [0.5, 0.6) is 5.75 Å². The summed E-state index contributed by atoms with van der Waals surface area (Å²) < 4.78 is 11.9. The highest BCUT2D eigenvalue weighted by atomic mass is 16.5. The van der Waals surface area contributed by atoms with Crippen LogP contribution in [-0.2, 0) is 9.53 Å². The number of likely N-dealkylation sites (N-methyl/N-ethyl adjacent to an activating group) is 1. The lowest BCUT2D eigenvalue weighted by molar-refractivity contribution is -0.148. The highest BCUT2D eigenvalue weighted by Crippen LogP contribution is 2.36. The first-order valence-electron chi connectivity index (χ1n) is 10.9. The van der Waals surface area contributed by atoms with Crippen LogP contribution in [-0.4, -0.2) is 49.3 Å². The minimum absolute atomic E-state index is 0.0114. The lowest BCUT2D eigenvalue weighted by Gasteiger charge is -2.38. The van der Waals surface area contributed by atoms with E-state index in [-0.39, 0.29) is 5.91 Å². The van der Waals surface area contributed by atoms with Crippen molar-refractivity contribution in [2.75, 3.05) is 38.2 Å². The molecule has 0 unspecified atom stereocenters. The predicted molar refractivity (Wildman–Crippen MR) is 115 cm³/mol. The van der Waals surface area contributed by atoms with E-state index < -0.39 is 5.60 Å². The normalized spacial score (nSPS) is 22.2. The molecular formula is C23H38N2O3. The zero-order valence-electron chi connectivity index (χ0n) is 18.1. The molecule has 0 saturated heterocycles. The van der Waals surface area contributed by atoms with Crippen LogP contribution in [0.4, 0.5) is 5.69 Å². The first-order chi connectivity index (χ1) is 13.5. The predicted octanol–water partition coefficient (Wildman–Crippen LogP) is 4.72. The second-order valence-corrected chi connectivity index (χ2v) is 7.90. The number of benzene rings is 1. The van der Waals surface area contributed by atoms with Crippen molar-refractivity contribution in [2.45, 2.75) is 65.4 Å². The lowest BCUT2D eigenvalue weighted by atomic mass is 9.78. The molecule has 0 aromatic heterocycles. The maximum absolute atomic E-state index is 13.1. The van der Waals surface area contributed by atoms with Gasteiger partial charge in [-0.1, -0.05) is 34.1 Å². The third kappa shape index (κ3) is 6.49. The molecule has 5 heteroatoms. The fourth-order valence-electron chi connectivity index (χ4n) is 3.92. The Balaban J connectivity index is 1.93. The van der Waals surface area contributed by atoms with Gasteiger partial charge in [0.2, 0.25) is 0 Å². The number of rotatable bonds is 11. The van der Waals surface area contributed by atoms with E-state index >= 15 is 0 Å². The molecule has 1 fully saturated rings. The van der Waals surface area contributed by atoms with E-state index in [4.69, 9.17) is 9.47 Å². The molecule has 0 bridgehead atoms. The van der Waals surface area contributed by atoms with Gasteiger partial charge in [0.15, 0.2) is 0 Å². The van der Waals surface area contributed by atoms with Gasteiger partial charge in [0.25, 0.3) is 5.91 Å². The molecule has 158 valence electrons. The molecule has 0 aliphatic heterocycles. The van der Waals surface area contributed by atoms with Crippen molar-refractivity contribution in [3.05, 3.63) is 24.3 Å². The molecule has 1 saturated carbocycles. The monoisotopic (exact) mass is 390 g/mol. The fourth-order valence-corrected chi connectivity index (χ4v) is 3.92. The highest BCUT2D eigenvalue weighted by molar-refractivity contribution is 5.97.